The van der Waals surface area contributed by atoms with Crippen molar-refractivity contribution in [1.29, 1.82) is 0 Å². The first-order valence-electron chi connectivity index (χ1n) is 4.06. The highest BCUT2D eigenvalue weighted by atomic mass is 127. The van der Waals surface area contributed by atoms with Crippen molar-refractivity contribution in [2.45, 2.75) is 0 Å². The normalized spacial score (nSPS) is 9.94. The highest BCUT2D eigenvalue weighted by Gasteiger charge is 2.14. The van der Waals surface area contributed by atoms with E-state index in [1.165, 1.54) is 12.1 Å². The summed E-state index contributed by atoms with van der Waals surface area (Å²) in [5.41, 5.74) is 0.263. The van der Waals surface area contributed by atoms with Gasteiger partial charge in [0, 0.05) is 8.59 Å². The molecule has 0 bridgehead atoms. The van der Waals surface area contributed by atoms with Crippen LogP contribution in [-0.4, -0.2) is 23.5 Å². The molecular weight excluding hydrogens is 368 g/mol. The molecule has 0 aliphatic carbocycles. The van der Waals surface area contributed by atoms with Crippen LogP contribution in [0.3, 0.4) is 0 Å². The Morgan fingerprint density at radius 1 is 1.38 bits per heavy atom. The van der Waals surface area contributed by atoms with Crippen molar-refractivity contribution in [3.8, 4) is 0 Å². The Morgan fingerprint density at radius 3 is 2.56 bits per heavy atom. The molecule has 0 saturated heterocycles. The molecule has 7 heteroatoms. The van der Waals surface area contributed by atoms with Gasteiger partial charge in [-0.3, -0.25) is 9.59 Å². The summed E-state index contributed by atoms with van der Waals surface area (Å²) in [6.45, 7) is -0.445. The number of amides is 1. The van der Waals surface area contributed by atoms with Crippen LogP contribution in [0.4, 0.5) is 0 Å². The van der Waals surface area contributed by atoms with E-state index in [9.17, 15) is 9.59 Å². The van der Waals surface area contributed by atoms with Gasteiger partial charge >= 0.3 is 5.97 Å². The van der Waals surface area contributed by atoms with Crippen molar-refractivity contribution in [2.24, 2.45) is 0 Å². The summed E-state index contributed by atoms with van der Waals surface area (Å²) in [4.78, 5) is 21.9. The zero-order valence-corrected chi connectivity index (χ0v) is 11.4. The standard InChI is InChI=1S/C9H6Cl2INO3/c10-4-1-5(8(12)6(11)2-4)9(16)13-3-7(14)15/h1-2H,3H2,(H,13,16)(H,14,15). The third kappa shape index (κ3) is 3.50. The molecule has 0 atom stereocenters. The number of halogens is 3. The Hall–Kier alpha value is -0.530. The molecule has 16 heavy (non-hydrogen) atoms. The molecule has 0 unspecified atom stereocenters. The number of carbonyl (C=O) groups excluding carboxylic acids is 1. The highest BCUT2D eigenvalue weighted by Crippen LogP contribution is 2.26. The molecule has 0 fully saturated rings. The van der Waals surface area contributed by atoms with Gasteiger partial charge in [0.2, 0.25) is 0 Å². The Kier molecular flexibility index (Phi) is 4.82. The minimum atomic E-state index is -1.11. The Morgan fingerprint density at radius 2 is 2.00 bits per heavy atom. The second-order valence-electron chi connectivity index (χ2n) is 2.83. The smallest absolute Gasteiger partial charge is 0.322 e. The molecule has 1 amide bonds. The summed E-state index contributed by atoms with van der Waals surface area (Å²) >= 11 is 13.5. The summed E-state index contributed by atoms with van der Waals surface area (Å²) in [5, 5.41) is 11.3. The maximum absolute atomic E-state index is 11.6. The van der Waals surface area contributed by atoms with Crippen molar-refractivity contribution in [3.05, 3.63) is 31.3 Å². The van der Waals surface area contributed by atoms with Crippen LogP contribution in [0, 0.1) is 3.57 Å². The van der Waals surface area contributed by atoms with Crippen LogP contribution in [0.25, 0.3) is 0 Å². The zero-order valence-electron chi connectivity index (χ0n) is 7.76. The first-order valence-corrected chi connectivity index (χ1v) is 5.90. The summed E-state index contributed by atoms with van der Waals surface area (Å²) in [6.07, 6.45) is 0. The fourth-order valence-electron chi connectivity index (χ4n) is 0.972. The number of carboxylic acids is 1. The molecule has 0 heterocycles. The van der Waals surface area contributed by atoms with Gasteiger partial charge in [-0.2, -0.15) is 0 Å². The van der Waals surface area contributed by atoms with Crippen molar-refractivity contribution in [1.82, 2.24) is 5.32 Å². The number of benzene rings is 1. The fourth-order valence-corrected chi connectivity index (χ4v) is 2.02. The number of hydrogen-bond acceptors (Lipinski definition) is 2. The van der Waals surface area contributed by atoms with Gasteiger partial charge in [-0.05, 0) is 34.7 Å². The van der Waals surface area contributed by atoms with E-state index in [2.05, 4.69) is 5.32 Å². The van der Waals surface area contributed by atoms with Crippen molar-refractivity contribution < 1.29 is 14.7 Å². The van der Waals surface area contributed by atoms with E-state index in [1.807, 2.05) is 22.6 Å². The lowest BCUT2D eigenvalue weighted by Crippen LogP contribution is -2.29. The van der Waals surface area contributed by atoms with Gasteiger partial charge in [0.1, 0.15) is 6.54 Å². The van der Waals surface area contributed by atoms with Crippen molar-refractivity contribution >= 4 is 57.7 Å². The molecule has 86 valence electrons. The van der Waals surface area contributed by atoms with Crippen LogP contribution in [0.5, 0.6) is 0 Å². The van der Waals surface area contributed by atoms with E-state index in [0.717, 1.165) is 0 Å². The van der Waals surface area contributed by atoms with Gasteiger partial charge in [0.05, 0.1) is 10.6 Å². The Labute approximate surface area is 115 Å². The van der Waals surface area contributed by atoms with Crippen LogP contribution in [0.1, 0.15) is 10.4 Å². The highest BCUT2D eigenvalue weighted by molar-refractivity contribution is 14.1. The predicted molar refractivity (Wildman–Crippen MR) is 69.1 cm³/mol. The number of rotatable bonds is 3. The molecule has 0 saturated carbocycles. The molecule has 1 aromatic rings. The third-order valence-electron chi connectivity index (χ3n) is 1.64. The fraction of sp³-hybridized carbons (Fsp3) is 0.111. The monoisotopic (exact) mass is 373 g/mol. The Balaban J connectivity index is 2.95. The van der Waals surface area contributed by atoms with Crippen LogP contribution in [0.2, 0.25) is 10.0 Å². The average Bonchev–Trinajstić information content (AvgIpc) is 2.19. The van der Waals surface area contributed by atoms with Crippen LogP contribution in [-0.2, 0) is 4.79 Å². The SMILES string of the molecule is O=C(O)CNC(=O)c1cc(Cl)cc(Cl)c1I. The molecule has 0 radical (unpaired) electrons. The van der Waals surface area contributed by atoms with Gasteiger partial charge < -0.3 is 10.4 Å². The molecule has 0 aromatic heterocycles. The predicted octanol–water partition coefficient (Wildman–Crippen LogP) is 2.41. The molecule has 1 rings (SSSR count). The molecule has 0 aliphatic rings. The van der Waals surface area contributed by atoms with E-state index in [-0.39, 0.29) is 5.56 Å². The van der Waals surface area contributed by atoms with E-state index in [0.29, 0.717) is 13.6 Å². The number of carboxylic acid groups (broad SMARTS) is 1. The van der Waals surface area contributed by atoms with Crippen LogP contribution in [0.15, 0.2) is 12.1 Å². The lowest BCUT2D eigenvalue weighted by molar-refractivity contribution is -0.135. The largest absolute Gasteiger partial charge is 0.480 e. The number of aliphatic carboxylic acids is 1. The number of hydrogen-bond donors (Lipinski definition) is 2. The summed E-state index contributed by atoms with van der Waals surface area (Å²) in [7, 11) is 0. The van der Waals surface area contributed by atoms with Crippen LogP contribution < -0.4 is 5.32 Å². The van der Waals surface area contributed by atoms with E-state index < -0.39 is 18.4 Å². The minimum Gasteiger partial charge on any atom is -0.480 e. The van der Waals surface area contributed by atoms with E-state index >= 15 is 0 Å². The maximum Gasteiger partial charge on any atom is 0.322 e. The molecule has 4 nitrogen and oxygen atoms in total. The molecular formula is C9H6Cl2INO3. The topological polar surface area (TPSA) is 66.4 Å². The quantitative estimate of drug-likeness (QED) is 0.631. The van der Waals surface area contributed by atoms with E-state index in [1.54, 1.807) is 0 Å². The van der Waals surface area contributed by atoms with Gasteiger partial charge in [-0.25, -0.2) is 0 Å². The molecule has 2 N–H and O–H groups in total. The van der Waals surface area contributed by atoms with Crippen molar-refractivity contribution in [3.63, 3.8) is 0 Å². The zero-order chi connectivity index (χ0) is 12.3. The number of nitrogens with one attached hydrogen (secondary N) is 1. The average molecular weight is 374 g/mol. The summed E-state index contributed by atoms with van der Waals surface area (Å²) < 4.78 is 0.534. The van der Waals surface area contributed by atoms with Gasteiger partial charge in [0.15, 0.2) is 0 Å². The van der Waals surface area contributed by atoms with Gasteiger partial charge in [0.25, 0.3) is 5.91 Å². The molecule has 1 aromatic carbocycles. The van der Waals surface area contributed by atoms with Gasteiger partial charge in [-0.1, -0.05) is 23.2 Å². The Bertz CT molecular complexity index is 451. The second kappa shape index (κ2) is 5.70. The minimum absolute atomic E-state index is 0.263. The lowest BCUT2D eigenvalue weighted by atomic mass is 10.2. The van der Waals surface area contributed by atoms with Gasteiger partial charge in [-0.15, -0.1) is 0 Å². The summed E-state index contributed by atoms with van der Waals surface area (Å²) in [5.74, 6) is -1.63. The number of carbonyl (C=O) groups is 2. The first-order chi connectivity index (χ1) is 7.41. The molecule has 0 aliphatic heterocycles. The second-order valence-corrected chi connectivity index (χ2v) is 4.75. The maximum atomic E-state index is 11.6. The van der Waals surface area contributed by atoms with E-state index in [4.69, 9.17) is 28.3 Å². The third-order valence-corrected chi connectivity index (χ3v) is 3.64. The summed E-state index contributed by atoms with van der Waals surface area (Å²) in [6, 6.07) is 2.95. The van der Waals surface area contributed by atoms with Crippen molar-refractivity contribution in [2.75, 3.05) is 6.54 Å². The lowest BCUT2D eigenvalue weighted by Gasteiger charge is -2.06. The molecule has 0 spiro atoms. The van der Waals surface area contributed by atoms with Crippen LogP contribution >= 0.6 is 45.8 Å². The first kappa shape index (κ1) is 13.5.